The number of nitrogens with one attached hydrogen (secondary N) is 1. The van der Waals surface area contributed by atoms with E-state index in [9.17, 15) is 19.4 Å². The van der Waals surface area contributed by atoms with Crippen LogP contribution in [0.25, 0.3) is 0 Å². The minimum absolute atomic E-state index is 0.00166. The highest BCUT2D eigenvalue weighted by molar-refractivity contribution is 7.45. The number of amides is 1. The summed E-state index contributed by atoms with van der Waals surface area (Å²) in [4.78, 5) is 25.6. The highest BCUT2D eigenvalue weighted by atomic mass is 31.2. The molecule has 0 aromatic heterocycles. The smallest absolute Gasteiger partial charge is 0.268 e. The number of likely N-dealkylation sites (N-methyl/N-ethyl adjacent to an activating group) is 1. The van der Waals surface area contributed by atoms with Gasteiger partial charge < -0.3 is 28.8 Å². The summed E-state index contributed by atoms with van der Waals surface area (Å²) in [6.07, 6.45) is 77.3. The first-order valence-corrected chi connectivity index (χ1v) is 35.7. The lowest BCUT2D eigenvalue weighted by Crippen LogP contribution is -2.45. The molecule has 0 aromatic carbocycles. The summed E-state index contributed by atoms with van der Waals surface area (Å²) in [7, 11) is 1.28. The van der Waals surface area contributed by atoms with Crippen molar-refractivity contribution in [3.8, 4) is 0 Å². The Bertz CT molecular complexity index is 1300. The van der Waals surface area contributed by atoms with E-state index in [1.807, 2.05) is 27.2 Å². The van der Waals surface area contributed by atoms with Gasteiger partial charge in [-0.25, -0.2) is 0 Å². The molecule has 0 rings (SSSR count). The molecule has 9 heteroatoms. The van der Waals surface area contributed by atoms with Crippen LogP contribution in [0.15, 0.2) is 24.3 Å². The van der Waals surface area contributed by atoms with Crippen molar-refractivity contribution < 1.29 is 32.9 Å². The Hall–Kier alpha value is -1.02. The molecule has 0 aliphatic heterocycles. The van der Waals surface area contributed by atoms with Gasteiger partial charge >= 0.3 is 0 Å². The van der Waals surface area contributed by atoms with Crippen LogP contribution in [0, 0.1) is 0 Å². The highest BCUT2D eigenvalue weighted by Crippen LogP contribution is 2.38. The van der Waals surface area contributed by atoms with Crippen LogP contribution in [-0.4, -0.2) is 68.5 Å². The number of hydrogen-bond donors (Lipinski definition) is 2. The zero-order valence-corrected chi connectivity index (χ0v) is 53.3. The fraction of sp³-hybridized carbons (Fsp3) is 0.926. The van der Waals surface area contributed by atoms with E-state index in [-0.39, 0.29) is 19.1 Å². The van der Waals surface area contributed by atoms with E-state index >= 15 is 0 Å². The Morgan fingerprint density at radius 2 is 0.714 bits per heavy atom. The van der Waals surface area contributed by atoms with Crippen LogP contribution < -0.4 is 10.2 Å². The summed E-state index contributed by atoms with van der Waals surface area (Å²) < 4.78 is 23.4. The van der Waals surface area contributed by atoms with Crippen molar-refractivity contribution in [2.24, 2.45) is 0 Å². The number of phosphoric ester groups is 1. The van der Waals surface area contributed by atoms with E-state index in [0.717, 1.165) is 38.5 Å². The molecule has 0 saturated carbocycles. The maximum atomic E-state index is 13.0. The molecule has 0 spiro atoms. The molecule has 3 unspecified atom stereocenters. The number of quaternary nitrogens is 1. The largest absolute Gasteiger partial charge is 0.756 e. The number of rotatable bonds is 64. The van der Waals surface area contributed by atoms with Crippen molar-refractivity contribution in [2.75, 3.05) is 40.9 Å². The Morgan fingerprint density at radius 1 is 0.442 bits per heavy atom. The Labute approximate surface area is 481 Å². The molecular formula is C68H135N2O6P. The maximum Gasteiger partial charge on any atom is 0.268 e. The van der Waals surface area contributed by atoms with Gasteiger partial charge in [0.05, 0.1) is 39.9 Å². The molecule has 0 bridgehead atoms. The maximum absolute atomic E-state index is 13.0. The first kappa shape index (κ1) is 76.0. The zero-order valence-electron chi connectivity index (χ0n) is 52.4. The number of hydrogen-bond acceptors (Lipinski definition) is 6. The fourth-order valence-corrected chi connectivity index (χ4v) is 11.3. The second-order valence-electron chi connectivity index (χ2n) is 24.9. The number of aliphatic hydroxyl groups is 1. The average molecular weight is 1110 g/mol. The number of unbranched alkanes of at least 4 members (excludes halogenated alkanes) is 49. The Kier molecular flexibility index (Phi) is 58.8. The highest BCUT2D eigenvalue weighted by Gasteiger charge is 2.23. The topological polar surface area (TPSA) is 108 Å². The van der Waals surface area contributed by atoms with E-state index < -0.39 is 20.0 Å². The van der Waals surface area contributed by atoms with Gasteiger partial charge in [-0.2, -0.15) is 0 Å². The van der Waals surface area contributed by atoms with Gasteiger partial charge in [0.1, 0.15) is 13.2 Å². The zero-order chi connectivity index (χ0) is 56.3. The van der Waals surface area contributed by atoms with E-state index in [4.69, 9.17) is 9.05 Å². The molecule has 3 atom stereocenters. The molecule has 2 N–H and O–H groups in total. The minimum Gasteiger partial charge on any atom is -0.756 e. The molecule has 8 nitrogen and oxygen atoms in total. The van der Waals surface area contributed by atoms with Crippen LogP contribution in [0.1, 0.15) is 354 Å². The summed E-state index contributed by atoms with van der Waals surface area (Å²) in [6.45, 7) is 4.71. The summed E-state index contributed by atoms with van der Waals surface area (Å²) in [5.41, 5.74) is 0. The van der Waals surface area contributed by atoms with Crippen LogP contribution in [0.3, 0.4) is 0 Å². The lowest BCUT2D eigenvalue weighted by atomic mass is 10.0. The van der Waals surface area contributed by atoms with Gasteiger partial charge in [0.2, 0.25) is 5.91 Å². The van der Waals surface area contributed by atoms with Gasteiger partial charge in [0.15, 0.2) is 0 Å². The van der Waals surface area contributed by atoms with E-state index in [1.54, 1.807) is 6.08 Å². The normalized spacial score (nSPS) is 13.8. The van der Waals surface area contributed by atoms with Crippen LogP contribution >= 0.6 is 7.82 Å². The van der Waals surface area contributed by atoms with Crippen molar-refractivity contribution in [1.82, 2.24) is 5.32 Å². The second-order valence-corrected chi connectivity index (χ2v) is 26.3. The number of aliphatic hydroxyl groups excluding tert-OH is 1. The number of phosphoric acid groups is 1. The minimum atomic E-state index is -4.60. The molecule has 0 aliphatic rings. The number of allylic oxidation sites excluding steroid dienone is 3. The number of carbonyl (C=O) groups is 1. The third-order valence-corrected chi connectivity index (χ3v) is 16.9. The molecule has 458 valence electrons. The van der Waals surface area contributed by atoms with E-state index in [0.29, 0.717) is 17.4 Å². The molecule has 0 heterocycles. The van der Waals surface area contributed by atoms with Crippen molar-refractivity contribution >= 4 is 13.7 Å². The summed E-state index contributed by atoms with van der Waals surface area (Å²) >= 11 is 0. The molecule has 0 radical (unpaired) electrons. The van der Waals surface area contributed by atoms with Gasteiger partial charge in [-0.15, -0.1) is 0 Å². The third kappa shape index (κ3) is 62.4. The van der Waals surface area contributed by atoms with Crippen molar-refractivity contribution in [1.29, 1.82) is 0 Å². The van der Waals surface area contributed by atoms with Gasteiger partial charge in [0, 0.05) is 6.42 Å². The quantitative estimate of drug-likeness (QED) is 0.0272. The SMILES string of the molecule is CCCCCCCCCCCCCCCC/C=C\CCCCCCCCCCCCCCCCCCCC(=O)NC(COP(=O)([O-])OCC[N+](C)(C)C)C(O)/C=C/CCCCCCCCCCCCCCCCCCCC. The molecule has 1 amide bonds. The van der Waals surface area contributed by atoms with Gasteiger partial charge in [0.25, 0.3) is 7.82 Å². The van der Waals surface area contributed by atoms with Crippen LogP contribution in [-0.2, 0) is 18.4 Å². The first-order valence-electron chi connectivity index (χ1n) is 34.2. The summed E-state index contributed by atoms with van der Waals surface area (Å²) in [5, 5.41) is 13.9. The van der Waals surface area contributed by atoms with Crippen molar-refractivity contribution in [2.45, 2.75) is 366 Å². The molecule has 0 saturated heterocycles. The first-order chi connectivity index (χ1) is 37.5. The van der Waals surface area contributed by atoms with Crippen LogP contribution in [0.5, 0.6) is 0 Å². The Morgan fingerprint density at radius 3 is 1.01 bits per heavy atom. The lowest BCUT2D eigenvalue weighted by Gasteiger charge is -2.29. The fourth-order valence-electron chi connectivity index (χ4n) is 10.6. The summed E-state index contributed by atoms with van der Waals surface area (Å²) in [6, 6.07) is -0.885. The molecule has 77 heavy (non-hydrogen) atoms. The number of nitrogens with zero attached hydrogens (tertiary/aromatic N) is 1. The van der Waals surface area contributed by atoms with Gasteiger partial charge in [-0.05, 0) is 44.9 Å². The molecular weight excluding hydrogens is 972 g/mol. The van der Waals surface area contributed by atoms with E-state index in [1.165, 1.54) is 295 Å². The molecule has 0 aliphatic carbocycles. The predicted octanol–water partition coefficient (Wildman–Crippen LogP) is 20.9. The molecule has 0 aromatic rings. The Balaban J connectivity index is 3.99. The predicted molar refractivity (Wildman–Crippen MR) is 335 cm³/mol. The monoisotopic (exact) mass is 1110 g/mol. The van der Waals surface area contributed by atoms with E-state index in [2.05, 4.69) is 31.3 Å². The molecule has 0 fully saturated rings. The van der Waals surface area contributed by atoms with Crippen molar-refractivity contribution in [3.63, 3.8) is 0 Å². The second kappa shape index (κ2) is 59.6. The lowest BCUT2D eigenvalue weighted by molar-refractivity contribution is -0.870. The van der Waals surface area contributed by atoms with Crippen molar-refractivity contribution in [3.05, 3.63) is 24.3 Å². The number of carbonyl (C=O) groups excluding carboxylic acids is 1. The van der Waals surface area contributed by atoms with Gasteiger partial charge in [-0.3, -0.25) is 9.36 Å². The standard InChI is InChI=1S/C68H135N2O6P/c1-6-8-10-12-14-16-18-20-22-24-26-28-29-30-31-32-33-34-35-36-37-38-39-40-41-42-44-46-48-50-52-54-56-58-60-62-68(72)69-66(65-76-77(73,74)75-64-63-70(3,4)5)67(71)61-59-57-55-53-51-49-47-45-43-27-25-23-21-19-17-15-13-11-9-7-2/h32-33,59,61,66-67,71H,6-31,34-58,60,62-65H2,1-5H3,(H-,69,72,73,74)/b33-32-,61-59+. The summed E-state index contributed by atoms with van der Waals surface area (Å²) in [5.74, 6) is -0.190. The van der Waals surface area contributed by atoms with Gasteiger partial charge in [-0.1, -0.05) is 327 Å². The van der Waals surface area contributed by atoms with Crippen LogP contribution in [0.2, 0.25) is 0 Å². The van der Waals surface area contributed by atoms with Crippen LogP contribution in [0.4, 0.5) is 0 Å². The third-order valence-electron chi connectivity index (χ3n) is 15.9. The average Bonchev–Trinajstić information content (AvgIpc) is 3.39.